The molecule has 0 fully saturated rings. The molecule has 1 heterocycles. The maximum Gasteiger partial charge on any atom is 0.330 e. The Morgan fingerprint density at radius 2 is 2.06 bits per heavy atom. The molecule has 0 saturated heterocycles. The summed E-state index contributed by atoms with van der Waals surface area (Å²) in [6.45, 7) is 0.556. The molecular formula is C13H19N3O2. The van der Waals surface area contributed by atoms with E-state index in [9.17, 15) is 9.59 Å². The van der Waals surface area contributed by atoms with Crippen LogP contribution in [0.4, 0.5) is 0 Å². The molecule has 98 valence electrons. The molecule has 0 amide bonds. The molecular weight excluding hydrogens is 230 g/mol. The van der Waals surface area contributed by atoms with Gasteiger partial charge in [0.1, 0.15) is 0 Å². The largest absolute Gasteiger partial charge is 0.330 e. The van der Waals surface area contributed by atoms with Gasteiger partial charge in [-0.05, 0) is 19.3 Å². The van der Waals surface area contributed by atoms with Crippen molar-refractivity contribution in [3.8, 4) is 0 Å². The van der Waals surface area contributed by atoms with Gasteiger partial charge in [-0.3, -0.25) is 13.9 Å². The molecule has 0 spiro atoms. The normalized spacial score (nSPS) is 19.1. The summed E-state index contributed by atoms with van der Waals surface area (Å²) >= 11 is 0. The molecule has 0 saturated carbocycles. The van der Waals surface area contributed by atoms with Crippen molar-refractivity contribution in [2.75, 3.05) is 0 Å². The maximum atomic E-state index is 11.7. The first-order chi connectivity index (χ1) is 8.59. The summed E-state index contributed by atoms with van der Waals surface area (Å²) in [6.07, 6.45) is 7.57. The molecule has 1 atom stereocenters. The SMILES string of the molecule is Cn1c(CNC2CC=CCC2)cc(=O)n(C)c1=O. The molecule has 0 aromatic carbocycles. The molecule has 0 aliphatic heterocycles. The van der Waals surface area contributed by atoms with E-state index in [4.69, 9.17) is 0 Å². The van der Waals surface area contributed by atoms with Gasteiger partial charge in [-0.15, -0.1) is 0 Å². The molecule has 1 aliphatic rings. The Hall–Kier alpha value is -1.62. The van der Waals surface area contributed by atoms with Crippen molar-refractivity contribution in [3.05, 3.63) is 44.8 Å². The molecule has 0 bridgehead atoms. The van der Waals surface area contributed by atoms with E-state index < -0.39 is 0 Å². The quantitative estimate of drug-likeness (QED) is 0.783. The average molecular weight is 249 g/mol. The third kappa shape index (κ3) is 2.61. The fourth-order valence-electron chi connectivity index (χ4n) is 2.18. The minimum Gasteiger partial charge on any atom is -0.308 e. The minimum absolute atomic E-state index is 0.251. The van der Waals surface area contributed by atoms with Crippen molar-refractivity contribution in [1.82, 2.24) is 14.5 Å². The summed E-state index contributed by atoms with van der Waals surface area (Å²) in [5, 5.41) is 3.39. The van der Waals surface area contributed by atoms with Crippen LogP contribution in [0.25, 0.3) is 0 Å². The van der Waals surface area contributed by atoms with Gasteiger partial charge in [0.2, 0.25) is 0 Å². The lowest BCUT2D eigenvalue weighted by atomic mass is 10.0. The number of aromatic nitrogens is 2. The first kappa shape index (κ1) is 12.8. The van der Waals surface area contributed by atoms with Crippen molar-refractivity contribution in [2.24, 2.45) is 14.1 Å². The second-order valence-electron chi connectivity index (χ2n) is 4.74. The Bertz CT molecular complexity index is 569. The summed E-state index contributed by atoms with van der Waals surface area (Å²) in [7, 11) is 3.19. The third-order valence-electron chi connectivity index (χ3n) is 3.47. The zero-order valence-electron chi connectivity index (χ0n) is 10.8. The van der Waals surface area contributed by atoms with Gasteiger partial charge in [-0.25, -0.2) is 4.79 Å². The predicted molar refractivity (Wildman–Crippen MR) is 70.5 cm³/mol. The molecule has 5 heteroatoms. The lowest BCUT2D eigenvalue weighted by Gasteiger charge is -2.20. The molecule has 0 radical (unpaired) electrons. The lowest BCUT2D eigenvalue weighted by molar-refractivity contribution is 0.462. The Morgan fingerprint density at radius 3 is 2.72 bits per heavy atom. The van der Waals surface area contributed by atoms with E-state index >= 15 is 0 Å². The molecule has 1 aromatic rings. The van der Waals surface area contributed by atoms with E-state index in [1.54, 1.807) is 7.05 Å². The van der Waals surface area contributed by atoms with Crippen LogP contribution in [0.3, 0.4) is 0 Å². The van der Waals surface area contributed by atoms with Crippen LogP contribution in [-0.2, 0) is 20.6 Å². The number of allylic oxidation sites excluding steroid dienone is 1. The zero-order chi connectivity index (χ0) is 13.1. The molecule has 1 unspecified atom stereocenters. The van der Waals surface area contributed by atoms with Gasteiger partial charge in [0, 0.05) is 38.4 Å². The molecule has 1 aliphatic carbocycles. The van der Waals surface area contributed by atoms with Gasteiger partial charge < -0.3 is 5.32 Å². The smallest absolute Gasteiger partial charge is 0.308 e. The number of rotatable bonds is 3. The van der Waals surface area contributed by atoms with Crippen LogP contribution in [0.5, 0.6) is 0 Å². The Balaban J connectivity index is 2.12. The van der Waals surface area contributed by atoms with Crippen LogP contribution < -0.4 is 16.6 Å². The molecule has 1 N–H and O–H groups in total. The highest BCUT2D eigenvalue weighted by Gasteiger charge is 2.11. The highest BCUT2D eigenvalue weighted by atomic mass is 16.2. The van der Waals surface area contributed by atoms with Gasteiger partial charge in [-0.1, -0.05) is 12.2 Å². The van der Waals surface area contributed by atoms with E-state index in [2.05, 4.69) is 17.5 Å². The van der Waals surface area contributed by atoms with Crippen LogP contribution in [0.15, 0.2) is 27.8 Å². The minimum atomic E-state index is -0.275. The van der Waals surface area contributed by atoms with E-state index in [1.807, 2.05) is 0 Å². The molecule has 1 aromatic heterocycles. The lowest BCUT2D eigenvalue weighted by Crippen LogP contribution is -2.40. The Labute approximate surface area is 106 Å². The topological polar surface area (TPSA) is 56.0 Å². The van der Waals surface area contributed by atoms with Crippen molar-refractivity contribution in [2.45, 2.75) is 31.8 Å². The maximum absolute atomic E-state index is 11.7. The predicted octanol–water partition coefficient (Wildman–Crippen LogP) is 0.282. The monoisotopic (exact) mass is 249 g/mol. The van der Waals surface area contributed by atoms with Crippen LogP contribution in [0.2, 0.25) is 0 Å². The molecule has 18 heavy (non-hydrogen) atoms. The molecule has 5 nitrogen and oxygen atoms in total. The fraction of sp³-hybridized carbons (Fsp3) is 0.538. The average Bonchev–Trinajstić information content (AvgIpc) is 2.40. The number of nitrogens with one attached hydrogen (secondary N) is 1. The van der Waals surface area contributed by atoms with E-state index in [-0.39, 0.29) is 11.2 Å². The van der Waals surface area contributed by atoms with Gasteiger partial charge in [-0.2, -0.15) is 0 Å². The standard InChI is InChI=1S/C13H19N3O2/c1-15-11(8-12(17)16(2)13(15)18)9-14-10-6-4-3-5-7-10/h3-4,8,10,14H,5-7,9H2,1-2H3. The van der Waals surface area contributed by atoms with Gasteiger partial charge in [0.05, 0.1) is 0 Å². The number of nitrogens with zero attached hydrogens (tertiary/aromatic N) is 2. The zero-order valence-corrected chi connectivity index (χ0v) is 10.8. The second-order valence-corrected chi connectivity index (χ2v) is 4.74. The summed E-state index contributed by atoms with van der Waals surface area (Å²) in [6, 6.07) is 1.96. The van der Waals surface area contributed by atoms with Crippen LogP contribution in [0, 0.1) is 0 Å². The Kier molecular flexibility index (Phi) is 3.81. The van der Waals surface area contributed by atoms with Crippen molar-refractivity contribution < 1.29 is 0 Å². The second kappa shape index (κ2) is 5.35. The summed E-state index contributed by atoms with van der Waals surface area (Å²) < 4.78 is 2.64. The van der Waals surface area contributed by atoms with Gasteiger partial charge in [0.15, 0.2) is 0 Å². The highest BCUT2D eigenvalue weighted by Crippen LogP contribution is 2.10. The fourth-order valence-corrected chi connectivity index (χ4v) is 2.18. The first-order valence-corrected chi connectivity index (χ1v) is 6.24. The van der Waals surface area contributed by atoms with Crippen molar-refractivity contribution in [1.29, 1.82) is 0 Å². The van der Waals surface area contributed by atoms with Gasteiger partial charge in [0.25, 0.3) is 5.56 Å². The molecule has 2 rings (SSSR count). The van der Waals surface area contributed by atoms with E-state index in [0.29, 0.717) is 12.6 Å². The summed E-state index contributed by atoms with van der Waals surface area (Å²) in [4.78, 5) is 23.3. The van der Waals surface area contributed by atoms with Crippen molar-refractivity contribution in [3.63, 3.8) is 0 Å². The Morgan fingerprint density at radius 1 is 1.28 bits per heavy atom. The van der Waals surface area contributed by atoms with Crippen LogP contribution in [-0.4, -0.2) is 15.2 Å². The summed E-state index contributed by atoms with van der Waals surface area (Å²) in [5.41, 5.74) is 0.207. The third-order valence-corrected chi connectivity index (χ3v) is 3.47. The van der Waals surface area contributed by atoms with Crippen LogP contribution >= 0.6 is 0 Å². The first-order valence-electron chi connectivity index (χ1n) is 6.24. The summed E-state index contributed by atoms with van der Waals surface area (Å²) in [5.74, 6) is 0. The number of hydrogen-bond acceptors (Lipinski definition) is 3. The van der Waals surface area contributed by atoms with Crippen molar-refractivity contribution >= 4 is 0 Å². The number of hydrogen-bond donors (Lipinski definition) is 1. The van der Waals surface area contributed by atoms with E-state index in [0.717, 1.165) is 29.5 Å². The van der Waals surface area contributed by atoms with E-state index in [1.165, 1.54) is 17.7 Å². The van der Waals surface area contributed by atoms with Gasteiger partial charge >= 0.3 is 5.69 Å². The van der Waals surface area contributed by atoms with Crippen LogP contribution in [0.1, 0.15) is 25.0 Å². The highest BCUT2D eigenvalue weighted by molar-refractivity contribution is 5.03.